The van der Waals surface area contributed by atoms with Crippen LogP contribution in [-0.2, 0) is 0 Å². The maximum absolute atomic E-state index is 6.39. The van der Waals surface area contributed by atoms with Crippen molar-refractivity contribution in [3.63, 3.8) is 0 Å². The van der Waals surface area contributed by atoms with E-state index in [1.54, 1.807) is 0 Å². The van der Waals surface area contributed by atoms with E-state index in [1.807, 2.05) is 0 Å². The van der Waals surface area contributed by atoms with E-state index in [0.29, 0.717) is 0 Å². The van der Waals surface area contributed by atoms with Crippen LogP contribution < -0.4 is 5.73 Å². The first-order valence-corrected chi connectivity index (χ1v) is 6.19. The quantitative estimate of drug-likeness (QED) is 0.732. The van der Waals surface area contributed by atoms with Crippen molar-refractivity contribution in [2.24, 2.45) is 11.7 Å². The summed E-state index contributed by atoms with van der Waals surface area (Å²) < 4.78 is 0. The molecule has 2 nitrogen and oxygen atoms in total. The number of hydrogen-bond acceptors (Lipinski definition) is 2. The SMILES string of the molecule is CC1CCCN(CC2(N)CCCC2)C1. The number of rotatable bonds is 2. The Morgan fingerprint density at radius 3 is 2.64 bits per heavy atom. The van der Waals surface area contributed by atoms with E-state index in [2.05, 4.69) is 11.8 Å². The molecule has 2 fully saturated rings. The largest absolute Gasteiger partial charge is 0.324 e. The topological polar surface area (TPSA) is 29.3 Å². The van der Waals surface area contributed by atoms with Gasteiger partial charge in [-0.1, -0.05) is 19.8 Å². The Morgan fingerprint density at radius 2 is 2.00 bits per heavy atom. The summed E-state index contributed by atoms with van der Waals surface area (Å²) in [6.07, 6.45) is 7.97. The van der Waals surface area contributed by atoms with Gasteiger partial charge in [0.1, 0.15) is 0 Å². The van der Waals surface area contributed by atoms with Crippen molar-refractivity contribution in [1.29, 1.82) is 0 Å². The van der Waals surface area contributed by atoms with Gasteiger partial charge in [-0.05, 0) is 38.1 Å². The number of nitrogens with zero attached hydrogens (tertiary/aromatic N) is 1. The van der Waals surface area contributed by atoms with Gasteiger partial charge in [-0.3, -0.25) is 0 Å². The monoisotopic (exact) mass is 196 g/mol. The molecule has 1 saturated carbocycles. The van der Waals surface area contributed by atoms with Crippen molar-refractivity contribution in [2.75, 3.05) is 19.6 Å². The smallest absolute Gasteiger partial charge is 0.0283 e. The Morgan fingerprint density at radius 1 is 1.29 bits per heavy atom. The van der Waals surface area contributed by atoms with Gasteiger partial charge in [-0.2, -0.15) is 0 Å². The zero-order chi connectivity index (χ0) is 10.0. The summed E-state index contributed by atoms with van der Waals surface area (Å²) in [6.45, 7) is 6.07. The fraction of sp³-hybridized carbons (Fsp3) is 1.00. The second kappa shape index (κ2) is 4.19. The van der Waals surface area contributed by atoms with E-state index in [-0.39, 0.29) is 5.54 Å². The maximum atomic E-state index is 6.39. The Hall–Kier alpha value is -0.0800. The van der Waals surface area contributed by atoms with Crippen LogP contribution in [0.2, 0.25) is 0 Å². The van der Waals surface area contributed by atoms with Crippen molar-refractivity contribution in [2.45, 2.75) is 51.0 Å². The molecule has 0 amide bonds. The van der Waals surface area contributed by atoms with Crippen LogP contribution in [0.25, 0.3) is 0 Å². The number of hydrogen-bond donors (Lipinski definition) is 1. The van der Waals surface area contributed by atoms with Crippen LogP contribution in [0, 0.1) is 5.92 Å². The highest BCUT2D eigenvalue weighted by molar-refractivity contribution is 4.92. The summed E-state index contributed by atoms with van der Waals surface area (Å²) in [5, 5.41) is 0. The van der Waals surface area contributed by atoms with Crippen molar-refractivity contribution in [1.82, 2.24) is 4.90 Å². The molecule has 1 heterocycles. The van der Waals surface area contributed by atoms with Crippen LogP contribution in [-0.4, -0.2) is 30.1 Å². The molecule has 2 rings (SSSR count). The zero-order valence-corrected chi connectivity index (χ0v) is 9.47. The first-order valence-electron chi connectivity index (χ1n) is 6.19. The van der Waals surface area contributed by atoms with Gasteiger partial charge in [0.15, 0.2) is 0 Å². The second-order valence-electron chi connectivity index (χ2n) is 5.55. The molecule has 1 saturated heterocycles. The molecule has 2 heteroatoms. The van der Waals surface area contributed by atoms with E-state index < -0.39 is 0 Å². The van der Waals surface area contributed by atoms with Crippen LogP contribution in [0.3, 0.4) is 0 Å². The molecule has 1 aliphatic carbocycles. The molecule has 0 aromatic heterocycles. The molecule has 1 unspecified atom stereocenters. The summed E-state index contributed by atoms with van der Waals surface area (Å²) in [5.74, 6) is 0.883. The van der Waals surface area contributed by atoms with Gasteiger partial charge in [0.25, 0.3) is 0 Å². The highest BCUT2D eigenvalue weighted by atomic mass is 15.2. The standard InChI is InChI=1S/C12H24N2/c1-11-5-4-8-14(9-11)10-12(13)6-2-3-7-12/h11H,2-10,13H2,1H3. The Labute approximate surface area is 87.8 Å². The summed E-state index contributed by atoms with van der Waals surface area (Å²) in [6, 6.07) is 0. The van der Waals surface area contributed by atoms with Crippen molar-refractivity contribution >= 4 is 0 Å². The van der Waals surface area contributed by atoms with Gasteiger partial charge < -0.3 is 10.6 Å². The zero-order valence-electron chi connectivity index (χ0n) is 9.47. The predicted molar refractivity (Wildman–Crippen MR) is 60.2 cm³/mol. The minimum Gasteiger partial charge on any atom is -0.324 e. The molecule has 1 atom stereocenters. The highest BCUT2D eigenvalue weighted by Gasteiger charge is 2.32. The third kappa shape index (κ3) is 2.48. The van der Waals surface area contributed by atoms with Gasteiger partial charge in [0, 0.05) is 18.6 Å². The lowest BCUT2D eigenvalue weighted by Crippen LogP contribution is -2.50. The predicted octanol–water partition coefficient (Wildman–Crippen LogP) is 1.99. The third-order valence-corrected chi connectivity index (χ3v) is 3.88. The fourth-order valence-corrected chi connectivity index (χ4v) is 3.11. The Bertz CT molecular complexity index is 185. The van der Waals surface area contributed by atoms with Gasteiger partial charge >= 0.3 is 0 Å². The normalized spacial score (nSPS) is 33.4. The first-order chi connectivity index (χ1) is 6.68. The maximum Gasteiger partial charge on any atom is 0.0283 e. The average Bonchev–Trinajstić information content (AvgIpc) is 2.51. The van der Waals surface area contributed by atoms with Gasteiger partial charge in [0.05, 0.1) is 0 Å². The summed E-state index contributed by atoms with van der Waals surface area (Å²) in [4.78, 5) is 2.60. The molecule has 2 aliphatic rings. The van der Waals surface area contributed by atoms with E-state index in [1.165, 1.54) is 51.6 Å². The van der Waals surface area contributed by atoms with E-state index in [9.17, 15) is 0 Å². The Balaban J connectivity index is 1.83. The first kappa shape index (κ1) is 10.4. The van der Waals surface area contributed by atoms with E-state index in [0.717, 1.165) is 12.5 Å². The Kier molecular flexibility index (Phi) is 3.13. The molecule has 2 N–H and O–H groups in total. The van der Waals surface area contributed by atoms with Crippen LogP contribution in [0.15, 0.2) is 0 Å². The van der Waals surface area contributed by atoms with E-state index in [4.69, 9.17) is 5.73 Å². The molecule has 1 aliphatic heterocycles. The van der Waals surface area contributed by atoms with Gasteiger partial charge in [0.2, 0.25) is 0 Å². The minimum absolute atomic E-state index is 0.164. The molecule has 0 radical (unpaired) electrons. The highest BCUT2D eigenvalue weighted by Crippen LogP contribution is 2.29. The van der Waals surface area contributed by atoms with E-state index >= 15 is 0 Å². The molecule has 0 spiro atoms. The van der Waals surface area contributed by atoms with Gasteiger partial charge in [-0.15, -0.1) is 0 Å². The lowest BCUT2D eigenvalue weighted by molar-refractivity contribution is 0.147. The van der Waals surface area contributed by atoms with Crippen molar-refractivity contribution in [3.05, 3.63) is 0 Å². The average molecular weight is 196 g/mol. The number of likely N-dealkylation sites (tertiary alicyclic amines) is 1. The molecule has 0 bridgehead atoms. The third-order valence-electron chi connectivity index (χ3n) is 3.88. The van der Waals surface area contributed by atoms with Crippen LogP contribution in [0.4, 0.5) is 0 Å². The van der Waals surface area contributed by atoms with Crippen LogP contribution in [0.5, 0.6) is 0 Å². The minimum atomic E-state index is 0.164. The summed E-state index contributed by atoms with van der Waals surface area (Å²) >= 11 is 0. The second-order valence-corrected chi connectivity index (χ2v) is 5.55. The molecule has 82 valence electrons. The van der Waals surface area contributed by atoms with Crippen molar-refractivity contribution in [3.8, 4) is 0 Å². The molecule has 0 aromatic rings. The van der Waals surface area contributed by atoms with Crippen LogP contribution in [0.1, 0.15) is 45.4 Å². The fourth-order valence-electron chi connectivity index (χ4n) is 3.11. The molecule has 0 aromatic carbocycles. The lowest BCUT2D eigenvalue weighted by atomic mass is 9.94. The molecule has 14 heavy (non-hydrogen) atoms. The van der Waals surface area contributed by atoms with Crippen LogP contribution >= 0.6 is 0 Å². The molecular weight excluding hydrogens is 172 g/mol. The molecular formula is C12H24N2. The number of nitrogens with two attached hydrogens (primary N) is 1. The lowest BCUT2D eigenvalue weighted by Gasteiger charge is -2.36. The van der Waals surface area contributed by atoms with Crippen molar-refractivity contribution < 1.29 is 0 Å². The van der Waals surface area contributed by atoms with Gasteiger partial charge in [-0.25, -0.2) is 0 Å². The summed E-state index contributed by atoms with van der Waals surface area (Å²) in [5.41, 5.74) is 6.56. The number of piperidine rings is 1. The summed E-state index contributed by atoms with van der Waals surface area (Å²) in [7, 11) is 0.